The third kappa shape index (κ3) is 8.92. The summed E-state index contributed by atoms with van der Waals surface area (Å²) in [5.74, 6) is 0. The van der Waals surface area contributed by atoms with Crippen LogP contribution in [-0.2, 0) is 22.9 Å². The standard InChI is InChI=1S/C19H22BrN3O3Si.C19H22BrN3OSi/c1-27(2,3)10-9-26-13-22-8-7-15-16(5-4-6-17(15)22)19-18(23(24)25)11-14(20)12-21-19;1-25(2,3)9-8-24-12-23-7-6-14-17(23)5-4-15-18(14)19-16(22-15)10-13(20)11-21-19/h4-8,11-12H,9-10,13H2,1-3H3;4-7,10-11,22H,8-9,12H2,1-3H3. The van der Waals surface area contributed by atoms with E-state index in [2.05, 4.69) is 121 Å². The van der Waals surface area contributed by atoms with Crippen molar-refractivity contribution in [3.05, 3.63) is 98.4 Å². The van der Waals surface area contributed by atoms with Gasteiger partial charge in [0.05, 0.1) is 27.0 Å². The van der Waals surface area contributed by atoms with Gasteiger partial charge in [0.15, 0.2) is 0 Å². The monoisotopic (exact) mass is 862 g/mol. The summed E-state index contributed by atoms with van der Waals surface area (Å²) >= 11 is 6.75. The third-order valence-electron chi connectivity index (χ3n) is 8.87. The SMILES string of the molecule is C[Si](C)(C)CCOCn1ccc2c(-c3ncc(Br)cc3[N+](=O)[O-])cccc21.C[Si](C)(C)CCOCn1ccc2c3c(ccc21)[nH]c1cc(Br)cnc13. The Kier molecular flexibility index (Phi) is 11.5. The van der Waals surface area contributed by atoms with E-state index < -0.39 is 21.1 Å². The van der Waals surface area contributed by atoms with E-state index in [0.29, 0.717) is 23.6 Å². The minimum atomic E-state index is -1.12. The first kappa shape index (κ1) is 38.1. The van der Waals surface area contributed by atoms with Crippen LogP contribution in [0.3, 0.4) is 0 Å². The summed E-state index contributed by atoms with van der Waals surface area (Å²) in [4.78, 5) is 23.5. The van der Waals surface area contributed by atoms with Gasteiger partial charge >= 0.3 is 0 Å². The summed E-state index contributed by atoms with van der Waals surface area (Å²) in [5, 5.41) is 14.8. The number of nitrogens with one attached hydrogen (secondary N) is 1. The number of nitrogens with zero attached hydrogens (tertiary/aromatic N) is 5. The number of hydrogen-bond acceptors (Lipinski definition) is 6. The lowest BCUT2D eigenvalue weighted by Gasteiger charge is -2.15. The molecule has 5 heterocycles. The molecule has 2 aromatic carbocycles. The molecule has 0 aliphatic rings. The molecule has 272 valence electrons. The van der Waals surface area contributed by atoms with Crippen LogP contribution in [0.15, 0.2) is 88.3 Å². The number of pyridine rings is 2. The normalized spacial score (nSPS) is 12.2. The summed E-state index contributed by atoms with van der Waals surface area (Å²) in [6.45, 7) is 16.7. The van der Waals surface area contributed by atoms with Crippen molar-refractivity contribution in [3.63, 3.8) is 0 Å². The Morgan fingerprint density at radius 2 is 1.37 bits per heavy atom. The maximum Gasteiger partial charge on any atom is 0.296 e. The molecule has 0 saturated carbocycles. The zero-order valence-electron chi connectivity index (χ0n) is 30.4. The van der Waals surface area contributed by atoms with Crippen molar-refractivity contribution in [1.82, 2.24) is 24.1 Å². The first-order valence-corrected chi connectivity index (χ1v) is 26.3. The van der Waals surface area contributed by atoms with Crippen LogP contribution in [0.4, 0.5) is 5.69 Å². The molecule has 0 aliphatic carbocycles. The van der Waals surface area contributed by atoms with Crippen molar-refractivity contribution < 1.29 is 14.4 Å². The van der Waals surface area contributed by atoms with Gasteiger partial charge in [-0.15, -0.1) is 0 Å². The Balaban J connectivity index is 0.000000179. The molecule has 5 aromatic heterocycles. The van der Waals surface area contributed by atoms with Gasteiger partial charge in [0, 0.05) is 96.4 Å². The molecular weight excluding hydrogens is 820 g/mol. The highest BCUT2D eigenvalue weighted by atomic mass is 79.9. The van der Waals surface area contributed by atoms with E-state index in [9.17, 15) is 10.1 Å². The number of fused-ring (bicyclic) bond motifs is 6. The molecule has 1 N–H and O–H groups in total. The van der Waals surface area contributed by atoms with Crippen LogP contribution in [0.5, 0.6) is 0 Å². The van der Waals surface area contributed by atoms with Crippen LogP contribution in [-0.4, -0.2) is 58.4 Å². The van der Waals surface area contributed by atoms with Crippen molar-refractivity contribution in [2.75, 3.05) is 13.2 Å². The van der Waals surface area contributed by atoms with E-state index >= 15 is 0 Å². The maximum absolute atomic E-state index is 11.5. The Morgan fingerprint density at radius 1 is 0.769 bits per heavy atom. The first-order chi connectivity index (χ1) is 24.7. The van der Waals surface area contributed by atoms with Gasteiger partial charge in [0.25, 0.3) is 5.69 Å². The second kappa shape index (κ2) is 15.7. The highest BCUT2D eigenvalue weighted by Gasteiger charge is 2.21. The van der Waals surface area contributed by atoms with Crippen molar-refractivity contribution in [2.24, 2.45) is 0 Å². The lowest BCUT2D eigenvalue weighted by Crippen LogP contribution is -2.21. The molecule has 0 fully saturated rings. The second-order valence-electron chi connectivity index (χ2n) is 15.4. The number of aromatic amines is 1. The number of rotatable bonds is 12. The van der Waals surface area contributed by atoms with Crippen molar-refractivity contribution in [2.45, 2.75) is 64.8 Å². The summed E-state index contributed by atoms with van der Waals surface area (Å²) in [5.41, 5.74) is 6.43. The molecule has 0 bridgehead atoms. The number of halogens is 2. The topological polar surface area (TPSA) is 113 Å². The van der Waals surface area contributed by atoms with Crippen LogP contribution in [0.1, 0.15) is 0 Å². The van der Waals surface area contributed by atoms with Gasteiger partial charge in [-0.1, -0.05) is 51.4 Å². The minimum absolute atomic E-state index is 0.0176. The molecule has 7 rings (SSSR count). The quantitative estimate of drug-likeness (QED) is 0.0566. The molecule has 0 unspecified atom stereocenters. The molecule has 0 radical (unpaired) electrons. The fourth-order valence-corrected chi connectivity index (χ4v) is 8.19. The van der Waals surface area contributed by atoms with E-state index in [1.54, 1.807) is 6.20 Å². The van der Waals surface area contributed by atoms with Crippen molar-refractivity contribution in [1.29, 1.82) is 0 Å². The highest BCUT2D eigenvalue weighted by Crippen LogP contribution is 2.36. The molecule has 0 spiro atoms. The van der Waals surface area contributed by atoms with Crippen LogP contribution in [0.2, 0.25) is 51.4 Å². The van der Waals surface area contributed by atoms with Gasteiger partial charge in [-0.05, 0) is 80.3 Å². The summed E-state index contributed by atoms with van der Waals surface area (Å²) in [6.07, 6.45) is 7.49. The molecule has 14 heteroatoms. The van der Waals surface area contributed by atoms with Gasteiger partial charge in [-0.2, -0.15) is 0 Å². The highest BCUT2D eigenvalue weighted by molar-refractivity contribution is 9.10. The lowest BCUT2D eigenvalue weighted by molar-refractivity contribution is -0.384. The zero-order chi connectivity index (χ0) is 37.2. The number of hydrogen-bond donors (Lipinski definition) is 1. The van der Waals surface area contributed by atoms with E-state index in [1.165, 1.54) is 28.4 Å². The average molecular weight is 865 g/mol. The van der Waals surface area contributed by atoms with Crippen LogP contribution in [0, 0.1) is 10.1 Å². The van der Waals surface area contributed by atoms with Gasteiger partial charge in [0.2, 0.25) is 0 Å². The number of nitro groups is 1. The van der Waals surface area contributed by atoms with Gasteiger partial charge in [0.1, 0.15) is 19.2 Å². The maximum atomic E-state index is 11.5. The Labute approximate surface area is 322 Å². The number of benzene rings is 2. The molecule has 0 saturated heterocycles. The van der Waals surface area contributed by atoms with Gasteiger partial charge in [-0.3, -0.25) is 15.1 Å². The molecule has 0 amide bonds. The molecule has 7 aromatic rings. The molecular formula is C38H44Br2N6O4Si2. The largest absolute Gasteiger partial charge is 0.361 e. The first-order valence-electron chi connectivity index (χ1n) is 17.3. The number of aromatic nitrogens is 5. The Hall–Kier alpha value is -3.67. The molecule has 10 nitrogen and oxygen atoms in total. The van der Waals surface area contributed by atoms with Crippen LogP contribution < -0.4 is 0 Å². The minimum Gasteiger partial charge on any atom is -0.361 e. The Morgan fingerprint density at radius 3 is 2.00 bits per heavy atom. The van der Waals surface area contributed by atoms with E-state index in [4.69, 9.17) is 9.47 Å². The summed E-state index contributed by atoms with van der Waals surface area (Å²) in [6, 6.07) is 20.0. The predicted octanol–water partition coefficient (Wildman–Crippen LogP) is 11.4. The van der Waals surface area contributed by atoms with Crippen molar-refractivity contribution >= 4 is 97.4 Å². The fourth-order valence-electron chi connectivity index (χ4n) is 6.02. The Bertz CT molecular complexity index is 2380. The zero-order valence-corrected chi connectivity index (χ0v) is 35.5. The van der Waals surface area contributed by atoms with E-state index in [0.717, 1.165) is 56.7 Å². The van der Waals surface area contributed by atoms with E-state index in [1.807, 2.05) is 41.2 Å². The van der Waals surface area contributed by atoms with Gasteiger partial charge in [-0.25, -0.2) is 4.98 Å². The number of H-pyrrole nitrogens is 1. The van der Waals surface area contributed by atoms with Gasteiger partial charge < -0.3 is 23.6 Å². The molecule has 0 aliphatic heterocycles. The summed E-state index contributed by atoms with van der Waals surface area (Å²) in [7, 11) is -2.16. The predicted molar refractivity (Wildman–Crippen MR) is 225 cm³/mol. The van der Waals surface area contributed by atoms with Crippen LogP contribution in [0.25, 0.3) is 55.0 Å². The summed E-state index contributed by atoms with van der Waals surface area (Å²) < 4.78 is 17.5. The molecule has 0 atom stereocenters. The second-order valence-corrected chi connectivity index (χ2v) is 28.5. The smallest absolute Gasteiger partial charge is 0.296 e. The fraction of sp³-hybridized carbons (Fsp3) is 0.316. The van der Waals surface area contributed by atoms with E-state index in [-0.39, 0.29) is 5.69 Å². The third-order valence-corrected chi connectivity index (χ3v) is 13.1. The van der Waals surface area contributed by atoms with Crippen LogP contribution >= 0.6 is 31.9 Å². The lowest BCUT2D eigenvalue weighted by atomic mass is 10.1. The molecule has 52 heavy (non-hydrogen) atoms. The van der Waals surface area contributed by atoms with Crippen molar-refractivity contribution in [3.8, 4) is 11.3 Å². The average Bonchev–Trinajstić information content (AvgIpc) is 3.79. The number of ether oxygens (including phenoxy) is 2.